The van der Waals surface area contributed by atoms with Gasteiger partial charge in [-0.2, -0.15) is 0 Å². The Morgan fingerprint density at radius 3 is 2.10 bits per heavy atom. The van der Waals surface area contributed by atoms with Crippen molar-refractivity contribution in [3.05, 3.63) is 74.5 Å². The van der Waals surface area contributed by atoms with Gasteiger partial charge in [-0.3, -0.25) is 0 Å². The lowest BCUT2D eigenvalue weighted by Gasteiger charge is -2.34. The van der Waals surface area contributed by atoms with Gasteiger partial charge in [0.15, 0.2) is 17.3 Å². The summed E-state index contributed by atoms with van der Waals surface area (Å²) in [4.78, 5) is 0. The summed E-state index contributed by atoms with van der Waals surface area (Å²) in [5.74, 6) is -3.53. The van der Waals surface area contributed by atoms with Crippen LogP contribution in [0.2, 0.25) is 0 Å². The predicted molar refractivity (Wildman–Crippen MR) is 113 cm³/mol. The van der Waals surface area contributed by atoms with E-state index in [4.69, 9.17) is 0 Å². The first-order chi connectivity index (χ1) is 14.5. The van der Waals surface area contributed by atoms with Crippen molar-refractivity contribution in [2.24, 2.45) is 0 Å². The van der Waals surface area contributed by atoms with E-state index in [0.29, 0.717) is 41.5 Å². The lowest BCUT2D eigenvalue weighted by Crippen LogP contribution is -2.51. The minimum atomic E-state index is -4.26. The average molecular weight is 434 g/mol. The highest BCUT2D eigenvalue weighted by atomic mass is 19.2. The zero-order valence-electron chi connectivity index (χ0n) is 18.4. The fourth-order valence-corrected chi connectivity index (χ4v) is 5.45. The molecule has 0 N–H and O–H groups in total. The van der Waals surface area contributed by atoms with E-state index in [1.165, 1.54) is 0 Å². The van der Waals surface area contributed by atoms with Crippen LogP contribution in [0.25, 0.3) is 5.57 Å². The van der Waals surface area contributed by atoms with Gasteiger partial charge in [0.05, 0.1) is 5.57 Å². The molecule has 164 valence electrons. The predicted octanol–water partition coefficient (Wildman–Crippen LogP) is 6.29. The Labute approximate surface area is 178 Å². The fourth-order valence-electron chi connectivity index (χ4n) is 5.45. The standard InChI is InChI=1S/C23H24BF5N2/c1-7-15-11(3)22-21(17-9-19(26)20(27)10-18(17)25)23-12(4)16(8-2)14(6)31(23)24(28,29)30(22)13(15)5/h9-10H,7-8H2,1-6H3. The van der Waals surface area contributed by atoms with Crippen molar-refractivity contribution < 1.29 is 26.3 Å². The normalized spacial score (nSPS) is 17.6. The third kappa shape index (κ3) is 2.66. The molecule has 4 rings (SSSR count). The van der Waals surface area contributed by atoms with Gasteiger partial charge in [0.2, 0.25) is 0 Å². The second-order valence-electron chi connectivity index (χ2n) is 8.23. The molecule has 0 fully saturated rings. The second-order valence-corrected chi connectivity index (χ2v) is 8.23. The van der Waals surface area contributed by atoms with Crippen molar-refractivity contribution in [2.75, 3.05) is 0 Å². The molecular formula is C23H24BF5N2. The maximum absolute atomic E-state index is 16.1. The van der Waals surface area contributed by atoms with Gasteiger partial charge < -0.3 is 17.6 Å². The van der Waals surface area contributed by atoms with Crippen LogP contribution in [0.1, 0.15) is 62.2 Å². The number of fused-ring (bicyclic) bond motifs is 2. The van der Waals surface area contributed by atoms with Crippen LogP contribution in [0, 0.1) is 31.3 Å². The monoisotopic (exact) mass is 434 g/mol. The van der Waals surface area contributed by atoms with Gasteiger partial charge in [-0.15, -0.1) is 0 Å². The summed E-state index contributed by atoms with van der Waals surface area (Å²) in [5.41, 5.74) is 3.77. The average Bonchev–Trinajstić information content (AvgIpc) is 3.10. The number of hydrogen-bond acceptors (Lipinski definition) is 0. The quantitative estimate of drug-likeness (QED) is 0.305. The smallest absolute Gasteiger partial charge is 0.393 e. The van der Waals surface area contributed by atoms with Crippen LogP contribution < -0.4 is 0 Å². The number of allylic oxidation sites excluding steroid dienone is 2. The van der Waals surface area contributed by atoms with E-state index in [2.05, 4.69) is 0 Å². The van der Waals surface area contributed by atoms with Crippen LogP contribution >= 0.6 is 0 Å². The van der Waals surface area contributed by atoms with E-state index in [9.17, 15) is 8.78 Å². The molecule has 2 aromatic rings. The van der Waals surface area contributed by atoms with Crippen LogP contribution in [0.15, 0.2) is 29.0 Å². The molecule has 0 saturated carbocycles. The third-order valence-corrected chi connectivity index (χ3v) is 6.78. The van der Waals surface area contributed by atoms with Crippen molar-refractivity contribution in [3.63, 3.8) is 0 Å². The van der Waals surface area contributed by atoms with Gasteiger partial charge in [0.25, 0.3) is 0 Å². The number of aromatic nitrogens is 1. The van der Waals surface area contributed by atoms with Crippen LogP contribution in [0.4, 0.5) is 21.8 Å². The molecule has 0 atom stereocenters. The molecule has 2 aliphatic rings. The van der Waals surface area contributed by atoms with E-state index in [1.54, 1.807) is 27.7 Å². The lowest BCUT2D eigenvalue weighted by atomic mass is 9.83. The number of hydrogen-bond donors (Lipinski definition) is 0. The van der Waals surface area contributed by atoms with Crippen LogP contribution in [0.3, 0.4) is 0 Å². The molecule has 0 aliphatic carbocycles. The molecule has 0 radical (unpaired) electrons. The minimum Gasteiger partial charge on any atom is -0.393 e. The van der Waals surface area contributed by atoms with Crippen LogP contribution in [-0.2, 0) is 6.42 Å². The zero-order valence-corrected chi connectivity index (χ0v) is 18.4. The number of benzene rings is 1. The molecule has 0 saturated heterocycles. The molecule has 2 nitrogen and oxygen atoms in total. The summed E-state index contributed by atoms with van der Waals surface area (Å²) >= 11 is 0. The molecule has 8 heteroatoms. The third-order valence-electron chi connectivity index (χ3n) is 6.78. The zero-order chi connectivity index (χ0) is 23.0. The van der Waals surface area contributed by atoms with Crippen molar-refractivity contribution in [1.82, 2.24) is 4.48 Å². The Bertz CT molecular complexity index is 1250. The Morgan fingerprint density at radius 2 is 1.52 bits per heavy atom. The first-order valence-corrected chi connectivity index (χ1v) is 10.4. The van der Waals surface area contributed by atoms with Gasteiger partial charge >= 0.3 is 6.97 Å². The highest BCUT2D eigenvalue weighted by Crippen LogP contribution is 2.47. The van der Waals surface area contributed by atoms with E-state index < -0.39 is 24.4 Å². The summed E-state index contributed by atoms with van der Waals surface area (Å²) in [6, 6.07) is 1.24. The largest absolute Gasteiger partial charge is 0.737 e. The SMILES string of the molecule is CCC1=C(C)C2=C(c3cc(F)c(F)cc3F)c3c(C)c(CC)c(C)n3[B-](F)(F)[N+]2=C1C. The van der Waals surface area contributed by atoms with E-state index in [1.807, 2.05) is 13.8 Å². The van der Waals surface area contributed by atoms with Gasteiger partial charge in [-0.1, -0.05) is 13.8 Å². The van der Waals surface area contributed by atoms with Gasteiger partial charge in [0.1, 0.15) is 11.5 Å². The topological polar surface area (TPSA) is 7.94 Å². The van der Waals surface area contributed by atoms with Gasteiger partial charge in [-0.25, -0.2) is 13.2 Å². The molecule has 1 aromatic heterocycles. The molecule has 0 amide bonds. The molecule has 2 aliphatic heterocycles. The van der Waals surface area contributed by atoms with E-state index in [0.717, 1.165) is 26.2 Å². The Kier molecular flexibility index (Phi) is 4.83. The van der Waals surface area contributed by atoms with Gasteiger partial charge in [-0.05, 0) is 56.5 Å². The first-order valence-electron chi connectivity index (χ1n) is 10.4. The molecular weight excluding hydrogens is 410 g/mol. The molecule has 31 heavy (non-hydrogen) atoms. The summed E-state index contributed by atoms with van der Waals surface area (Å²) < 4.78 is 77.0. The molecule has 3 heterocycles. The van der Waals surface area contributed by atoms with Crippen molar-refractivity contribution >= 4 is 18.3 Å². The Morgan fingerprint density at radius 1 is 0.903 bits per heavy atom. The lowest BCUT2D eigenvalue weighted by molar-refractivity contribution is -0.363. The highest BCUT2D eigenvalue weighted by molar-refractivity contribution is 6.58. The van der Waals surface area contributed by atoms with Crippen molar-refractivity contribution in [2.45, 2.75) is 54.4 Å². The molecule has 0 unspecified atom stereocenters. The molecule has 0 spiro atoms. The summed E-state index contributed by atoms with van der Waals surface area (Å²) in [6.07, 6.45) is 1.04. The van der Waals surface area contributed by atoms with E-state index in [-0.39, 0.29) is 22.5 Å². The fraction of sp³-hybridized carbons (Fsp3) is 0.348. The number of halogens is 5. The summed E-state index contributed by atoms with van der Waals surface area (Å²) in [6.45, 7) is 6.19. The van der Waals surface area contributed by atoms with Crippen molar-refractivity contribution in [3.8, 4) is 0 Å². The summed E-state index contributed by atoms with van der Waals surface area (Å²) in [5, 5.41) is 0. The number of nitrogens with zero attached hydrogens (tertiary/aromatic N) is 2. The Balaban J connectivity index is 2.27. The number of rotatable bonds is 3. The van der Waals surface area contributed by atoms with Gasteiger partial charge in [0, 0.05) is 35.4 Å². The Hall–Kier alpha value is -2.64. The maximum atomic E-state index is 16.1. The van der Waals surface area contributed by atoms with Crippen LogP contribution in [-0.4, -0.2) is 21.6 Å². The van der Waals surface area contributed by atoms with Crippen molar-refractivity contribution in [1.29, 1.82) is 0 Å². The maximum Gasteiger partial charge on any atom is 0.737 e. The summed E-state index contributed by atoms with van der Waals surface area (Å²) in [7, 11) is 0. The van der Waals surface area contributed by atoms with E-state index >= 15 is 13.0 Å². The first kappa shape index (κ1) is 21.6. The highest BCUT2D eigenvalue weighted by Gasteiger charge is 2.57. The molecule has 0 bridgehead atoms. The molecule has 1 aromatic carbocycles. The van der Waals surface area contributed by atoms with Crippen LogP contribution in [0.5, 0.6) is 0 Å². The minimum absolute atomic E-state index is 0.167. The second kappa shape index (κ2) is 6.94.